The lowest BCUT2D eigenvalue weighted by atomic mass is 10.0. The molecule has 92 valence electrons. The molecular formula is C14H18FNO. The van der Waals surface area contributed by atoms with Crippen LogP contribution in [0.3, 0.4) is 0 Å². The van der Waals surface area contributed by atoms with Gasteiger partial charge in [-0.05, 0) is 43.0 Å². The first kappa shape index (κ1) is 13.4. The van der Waals surface area contributed by atoms with Gasteiger partial charge in [0.15, 0.2) is 0 Å². The molecule has 0 bridgehead atoms. The Bertz CT molecular complexity index is 407. The number of oxime groups is 1. The zero-order valence-electron chi connectivity index (χ0n) is 10.3. The molecule has 0 aliphatic heterocycles. The van der Waals surface area contributed by atoms with Gasteiger partial charge in [0.05, 0.1) is 5.71 Å². The van der Waals surface area contributed by atoms with E-state index < -0.39 is 0 Å². The summed E-state index contributed by atoms with van der Waals surface area (Å²) in [5.74, 6) is -0.248. The van der Waals surface area contributed by atoms with Crippen molar-refractivity contribution in [2.75, 3.05) is 0 Å². The van der Waals surface area contributed by atoms with Crippen molar-refractivity contribution in [1.82, 2.24) is 0 Å². The minimum atomic E-state index is -0.248. The number of nitrogens with zero attached hydrogens (tertiary/aromatic N) is 1. The van der Waals surface area contributed by atoms with Crippen molar-refractivity contribution in [2.24, 2.45) is 5.16 Å². The molecule has 2 nitrogen and oxygen atoms in total. The quantitative estimate of drug-likeness (QED) is 0.462. The first-order valence-electron chi connectivity index (χ1n) is 5.82. The number of benzene rings is 1. The summed E-state index contributed by atoms with van der Waals surface area (Å²) < 4.78 is 12.7. The minimum Gasteiger partial charge on any atom is -0.411 e. The first-order valence-corrected chi connectivity index (χ1v) is 5.82. The Morgan fingerprint density at radius 2 is 2.00 bits per heavy atom. The van der Waals surface area contributed by atoms with Crippen LogP contribution in [0.4, 0.5) is 4.39 Å². The van der Waals surface area contributed by atoms with Crippen molar-refractivity contribution in [3.63, 3.8) is 0 Å². The molecule has 0 fully saturated rings. The van der Waals surface area contributed by atoms with E-state index in [0.717, 1.165) is 30.4 Å². The summed E-state index contributed by atoms with van der Waals surface area (Å²) in [5, 5.41) is 12.2. The van der Waals surface area contributed by atoms with E-state index in [2.05, 4.69) is 12.1 Å². The van der Waals surface area contributed by atoms with E-state index in [1.54, 1.807) is 12.1 Å². The highest BCUT2D eigenvalue weighted by Crippen LogP contribution is 2.12. The average Bonchev–Trinajstić information content (AvgIpc) is 2.33. The Morgan fingerprint density at radius 1 is 1.35 bits per heavy atom. The minimum absolute atomic E-state index is 0.248. The molecular weight excluding hydrogens is 217 g/mol. The summed E-state index contributed by atoms with van der Waals surface area (Å²) in [6.07, 6.45) is 4.71. The molecule has 1 aromatic carbocycles. The predicted molar refractivity (Wildman–Crippen MR) is 68.8 cm³/mol. The zero-order valence-corrected chi connectivity index (χ0v) is 10.3. The Balaban J connectivity index is 2.79. The lowest BCUT2D eigenvalue weighted by Crippen LogP contribution is -2.00. The summed E-state index contributed by atoms with van der Waals surface area (Å²) in [4.78, 5) is 0. The molecule has 0 spiro atoms. The van der Waals surface area contributed by atoms with Crippen molar-refractivity contribution < 1.29 is 9.60 Å². The largest absolute Gasteiger partial charge is 0.411 e. The number of halogens is 1. The molecule has 0 saturated heterocycles. The average molecular weight is 235 g/mol. The molecule has 0 amide bonds. The number of hydrogen-bond acceptors (Lipinski definition) is 2. The van der Waals surface area contributed by atoms with E-state index in [1.807, 2.05) is 13.0 Å². The molecule has 1 N–H and O–H groups in total. The Kier molecular flexibility index (Phi) is 5.40. The third-order valence-electron chi connectivity index (χ3n) is 2.60. The van der Waals surface area contributed by atoms with Crippen LogP contribution in [0.25, 0.3) is 6.08 Å². The van der Waals surface area contributed by atoms with Crippen LogP contribution in [0.1, 0.15) is 38.7 Å². The van der Waals surface area contributed by atoms with Crippen molar-refractivity contribution in [2.45, 2.75) is 33.1 Å². The van der Waals surface area contributed by atoms with Gasteiger partial charge in [0.25, 0.3) is 0 Å². The first-order chi connectivity index (χ1) is 8.17. The maximum atomic E-state index is 12.7. The van der Waals surface area contributed by atoms with E-state index in [4.69, 9.17) is 5.21 Å². The van der Waals surface area contributed by atoms with Crippen molar-refractivity contribution in [1.29, 1.82) is 0 Å². The number of unbranched alkanes of at least 4 members (excludes halogenated alkanes) is 1. The molecule has 0 aliphatic carbocycles. The summed E-state index contributed by atoms with van der Waals surface area (Å²) in [7, 11) is 0. The van der Waals surface area contributed by atoms with E-state index in [0.29, 0.717) is 5.71 Å². The maximum Gasteiger partial charge on any atom is 0.123 e. The molecule has 0 heterocycles. The second-order valence-electron chi connectivity index (χ2n) is 4.03. The molecule has 0 unspecified atom stereocenters. The van der Waals surface area contributed by atoms with Gasteiger partial charge in [0.1, 0.15) is 5.82 Å². The van der Waals surface area contributed by atoms with Gasteiger partial charge in [-0.15, -0.1) is 0 Å². The van der Waals surface area contributed by atoms with Gasteiger partial charge >= 0.3 is 0 Å². The molecule has 3 heteroatoms. The second-order valence-corrected chi connectivity index (χ2v) is 4.03. The SMILES string of the molecule is CCCCC(=N\O)/C(C)=C/c1ccc(F)cc1. The highest BCUT2D eigenvalue weighted by Gasteiger charge is 2.02. The predicted octanol–water partition coefficient (Wildman–Crippen LogP) is 4.25. The van der Waals surface area contributed by atoms with Crippen LogP contribution in [-0.4, -0.2) is 10.9 Å². The van der Waals surface area contributed by atoms with Gasteiger partial charge in [0, 0.05) is 0 Å². The number of allylic oxidation sites excluding steroid dienone is 1. The van der Waals surface area contributed by atoms with Crippen molar-refractivity contribution in [3.8, 4) is 0 Å². The topological polar surface area (TPSA) is 32.6 Å². The van der Waals surface area contributed by atoms with Crippen LogP contribution in [0, 0.1) is 5.82 Å². The fraction of sp³-hybridized carbons (Fsp3) is 0.357. The van der Waals surface area contributed by atoms with Gasteiger partial charge in [-0.1, -0.05) is 36.7 Å². The summed E-state index contributed by atoms with van der Waals surface area (Å²) in [5.41, 5.74) is 2.50. The van der Waals surface area contributed by atoms with Gasteiger partial charge < -0.3 is 5.21 Å². The highest BCUT2D eigenvalue weighted by molar-refractivity contribution is 6.02. The van der Waals surface area contributed by atoms with Crippen LogP contribution in [0.5, 0.6) is 0 Å². The van der Waals surface area contributed by atoms with E-state index in [1.165, 1.54) is 12.1 Å². The Hall–Kier alpha value is -1.64. The van der Waals surface area contributed by atoms with Gasteiger partial charge in [-0.3, -0.25) is 0 Å². The van der Waals surface area contributed by atoms with Gasteiger partial charge in [0.2, 0.25) is 0 Å². The summed E-state index contributed by atoms with van der Waals surface area (Å²) in [6, 6.07) is 6.24. The van der Waals surface area contributed by atoms with Crippen LogP contribution < -0.4 is 0 Å². The van der Waals surface area contributed by atoms with E-state index >= 15 is 0 Å². The fourth-order valence-electron chi connectivity index (χ4n) is 1.56. The van der Waals surface area contributed by atoms with Crippen molar-refractivity contribution in [3.05, 3.63) is 41.2 Å². The zero-order chi connectivity index (χ0) is 12.7. The smallest absolute Gasteiger partial charge is 0.123 e. The molecule has 0 saturated carbocycles. The Labute approximate surface area is 101 Å². The lowest BCUT2D eigenvalue weighted by Gasteiger charge is -2.04. The van der Waals surface area contributed by atoms with Crippen LogP contribution in [0.2, 0.25) is 0 Å². The molecule has 0 aliphatic rings. The molecule has 1 rings (SSSR count). The summed E-state index contributed by atoms with van der Waals surface area (Å²) in [6.45, 7) is 3.99. The standard InChI is InChI=1S/C14H18FNO/c1-3-4-5-14(16-17)11(2)10-12-6-8-13(15)9-7-12/h6-10,17H,3-5H2,1-2H3/b11-10+,16-14+. The van der Waals surface area contributed by atoms with Crippen molar-refractivity contribution >= 4 is 11.8 Å². The third-order valence-corrected chi connectivity index (χ3v) is 2.60. The normalized spacial score (nSPS) is 12.9. The second kappa shape index (κ2) is 6.84. The van der Waals surface area contributed by atoms with Crippen LogP contribution in [0.15, 0.2) is 35.0 Å². The molecule has 0 aromatic heterocycles. The molecule has 17 heavy (non-hydrogen) atoms. The fourth-order valence-corrected chi connectivity index (χ4v) is 1.56. The van der Waals surface area contributed by atoms with E-state index in [-0.39, 0.29) is 5.82 Å². The van der Waals surface area contributed by atoms with Gasteiger partial charge in [-0.2, -0.15) is 0 Å². The maximum absolute atomic E-state index is 12.7. The monoisotopic (exact) mass is 235 g/mol. The van der Waals surface area contributed by atoms with Crippen LogP contribution in [-0.2, 0) is 0 Å². The van der Waals surface area contributed by atoms with Crippen LogP contribution >= 0.6 is 0 Å². The lowest BCUT2D eigenvalue weighted by molar-refractivity contribution is 0.317. The third kappa shape index (κ3) is 4.39. The highest BCUT2D eigenvalue weighted by atomic mass is 19.1. The number of rotatable bonds is 5. The molecule has 0 radical (unpaired) electrons. The van der Waals surface area contributed by atoms with E-state index in [9.17, 15) is 4.39 Å². The molecule has 1 aromatic rings. The van der Waals surface area contributed by atoms with Gasteiger partial charge in [-0.25, -0.2) is 4.39 Å². The molecule has 0 atom stereocenters. The Morgan fingerprint density at radius 3 is 2.53 bits per heavy atom. The number of hydrogen-bond donors (Lipinski definition) is 1. The summed E-state index contributed by atoms with van der Waals surface area (Å²) >= 11 is 0.